The van der Waals surface area contributed by atoms with Gasteiger partial charge in [-0.25, -0.2) is 9.97 Å². The van der Waals surface area contributed by atoms with Crippen molar-refractivity contribution in [3.05, 3.63) is 64.7 Å². The Hall–Kier alpha value is -3.19. The predicted octanol–water partition coefficient (Wildman–Crippen LogP) is 4.96. The number of carboxylic acids is 1. The third-order valence-electron chi connectivity index (χ3n) is 7.66. The number of H-pyrrole nitrogens is 1. The van der Waals surface area contributed by atoms with Crippen molar-refractivity contribution >= 4 is 11.8 Å². The van der Waals surface area contributed by atoms with Crippen LogP contribution in [0, 0.1) is 19.8 Å². The van der Waals surface area contributed by atoms with Gasteiger partial charge in [0.15, 0.2) is 0 Å². The number of carboxylic acid groups (broad SMARTS) is 1. The maximum absolute atomic E-state index is 11.7. The van der Waals surface area contributed by atoms with Gasteiger partial charge in [0.2, 0.25) is 0 Å². The number of carbonyl (C=O) groups is 1. The van der Waals surface area contributed by atoms with Crippen LogP contribution in [-0.4, -0.2) is 57.1 Å². The zero-order chi connectivity index (χ0) is 25.1. The summed E-state index contributed by atoms with van der Waals surface area (Å²) in [5.74, 6) is 1.79. The molecule has 2 aliphatic rings. The molecule has 4 heterocycles. The van der Waals surface area contributed by atoms with Gasteiger partial charge < -0.3 is 20.3 Å². The molecular formula is C29H37N5O2. The summed E-state index contributed by atoms with van der Waals surface area (Å²) in [4.78, 5) is 27.0. The average Bonchev–Trinajstić information content (AvgIpc) is 3.47. The molecule has 0 spiro atoms. The molecule has 36 heavy (non-hydrogen) atoms. The molecule has 7 nitrogen and oxygen atoms in total. The second kappa shape index (κ2) is 10.8. The Balaban J connectivity index is 1.21. The number of pyridine rings is 1. The first-order chi connectivity index (χ1) is 17.4. The van der Waals surface area contributed by atoms with Gasteiger partial charge in [-0.1, -0.05) is 24.3 Å². The number of benzene rings is 1. The van der Waals surface area contributed by atoms with Gasteiger partial charge in [-0.05, 0) is 81.7 Å². The van der Waals surface area contributed by atoms with Crippen LogP contribution in [0.2, 0.25) is 0 Å². The predicted molar refractivity (Wildman–Crippen MR) is 142 cm³/mol. The quantitative estimate of drug-likeness (QED) is 0.395. The highest BCUT2D eigenvalue weighted by atomic mass is 16.4. The standard InChI is InChI=1S/C29H37N5O2/c1-19-28(32-20(2)31-19)24-6-3-5-23(15-24)25(16-27(35)36)18-34-14-12-21(17-34)8-10-26-11-9-22-7-4-13-30-29(22)33-26/h3,5-6,9,11,15,21,25H,4,7-8,10,12-14,16-18H2,1-2H3,(H,30,33)(H,31,32)(H,35,36). The number of nitrogens with zero attached hydrogens (tertiary/aromatic N) is 3. The molecule has 0 radical (unpaired) electrons. The van der Waals surface area contributed by atoms with E-state index in [1.807, 2.05) is 19.9 Å². The van der Waals surface area contributed by atoms with Crippen LogP contribution in [0.25, 0.3) is 11.3 Å². The Labute approximate surface area is 213 Å². The molecule has 5 rings (SSSR count). The molecule has 0 amide bonds. The van der Waals surface area contributed by atoms with Gasteiger partial charge in [0.1, 0.15) is 11.6 Å². The summed E-state index contributed by atoms with van der Waals surface area (Å²) in [6, 6.07) is 12.7. The van der Waals surface area contributed by atoms with Crippen molar-refractivity contribution in [2.75, 3.05) is 31.5 Å². The minimum atomic E-state index is -0.750. The summed E-state index contributed by atoms with van der Waals surface area (Å²) in [7, 11) is 0. The molecule has 2 aliphatic heterocycles. The number of aryl methyl sites for hydroxylation is 4. The van der Waals surface area contributed by atoms with Crippen LogP contribution in [0.3, 0.4) is 0 Å². The minimum Gasteiger partial charge on any atom is -0.481 e. The van der Waals surface area contributed by atoms with Crippen molar-refractivity contribution in [1.29, 1.82) is 0 Å². The van der Waals surface area contributed by atoms with Crippen molar-refractivity contribution in [3.8, 4) is 11.3 Å². The Morgan fingerprint density at radius 2 is 2.11 bits per heavy atom. The number of anilines is 1. The molecule has 2 aromatic heterocycles. The topological polar surface area (TPSA) is 94.1 Å². The summed E-state index contributed by atoms with van der Waals surface area (Å²) >= 11 is 0. The summed E-state index contributed by atoms with van der Waals surface area (Å²) in [6.45, 7) is 7.81. The van der Waals surface area contributed by atoms with Crippen molar-refractivity contribution in [2.24, 2.45) is 5.92 Å². The highest BCUT2D eigenvalue weighted by Crippen LogP contribution is 2.30. The number of aromatic amines is 1. The molecule has 7 heteroatoms. The van der Waals surface area contributed by atoms with Crippen LogP contribution < -0.4 is 5.32 Å². The number of aromatic nitrogens is 3. The lowest BCUT2D eigenvalue weighted by Crippen LogP contribution is -2.28. The van der Waals surface area contributed by atoms with Crippen LogP contribution in [0.5, 0.6) is 0 Å². The zero-order valence-corrected chi connectivity index (χ0v) is 21.4. The maximum Gasteiger partial charge on any atom is 0.304 e. The molecule has 3 N–H and O–H groups in total. The molecule has 0 bridgehead atoms. The number of nitrogens with one attached hydrogen (secondary N) is 2. The van der Waals surface area contributed by atoms with E-state index in [0.29, 0.717) is 5.92 Å². The van der Waals surface area contributed by atoms with Crippen LogP contribution in [0.1, 0.15) is 59.9 Å². The van der Waals surface area contributed by atoms with E-state index in [9.17, 15) is 9.90 Å². The molecule has 1 aromatic carbocycles. The fraction of sp³-hybridized carbons (Fsp3) is 0.483. The van der Waals surface area contributed by atoms with E-state index >= 15 is 0 Å². The number of fused-ring (bicyclic) bond motifs is 1. The van der Waals surface area contributed by atoms with Crippen molar-refractivity contribution in [2.45, 2.75) is 58.3 Å². The lowest BCUT2D eigenvalue weighted by molar-refractivity contribution is -0.137. The second-order valence-electron chi connectivity index (χ2n) is 10.5. The van der Waals surface area contributed by atoms with Crippen LogP contribution in [-0.2, 0) is 17.6 Å². The highest BCUT2D eigenvalue weighted by Gasteiger charge is 2.27. The number of hydrogen-bond donors (Lipinski definition) is 3. The lowest BCUT2D eigenvalue weighted by atomic mass is 9.93. The molecule has 1 fully saturated rings. The third kappa shape index (κ3) is 5.78. The summed E-state index contributed by atoms with van der Waals surface area (Å²) < 4.78 is 0. The Kier molecular flexibility index (Phi) is 7.37. The van der Waals surface area contributed by atoms with Gasteiger partial charge in [-0.3, -0.25) is 4.79 Å². The van der Waals surface area contributed by atoms with E-state index in [1.165, 1.54) is 17.7 Å². The maximum atomic E-state index is 11.7. The molecule has 190 valence electrons. The van der Waals surface area contributed by atoms with Crippen molar-refractivity contribution in [1.82, 2.24) is 19.9 Å². The summed E-state index contributed by atoms with van der Waals surface area (Å²) in [6.07, 6.45) is 5.72. The zero-order valence-electron chi connectivity index (χ0n) is 21.4. The van der Waals surface area contributed by atoms with E-state index in [1.54, 1.807) is 0 Å². The lowest BCUT2D eigenvalue weighted by Gasteiger charge is -2.24. The molecule has 3 aromatic rings. The van der Waals surface area contributed by atoms with E-state index in [2.05, 4.69) is 50.5 Å². The third-order valence-corrected chi connectivity index (χ3v) is 7.66. The van der Waals surface area contributed by atoms with Crippen LogP contribution in [0.15, 0.2) is 36.4 Å². The number of aliphatic carboxylic acids is 1. The van der Waals surface area contributed by atoms with Crippen LogP contribution in [0.4, 0.5) is 5.82 Å². The average molecular weight is 488 g/mol. The van der Waals surface area contributed by atoms with E-state index in [4.69, 9.17) is 4.98 Å². The molecule has 2 atom stereocenters. The molecule has 1 saturated heterocycles. The number of likely N-dealkylation sites (tertiary alicyclic amines) is 1. The van der Waals surface area contributed by atoms with Crippen LogP contribution >= 0.6 is 0 Å². The van der Waals surface area contributed by atoms with Gasteiger partial charge in [0.25, 0.3) is 0 Å². The molecular weight excluding hydrogens is 450 g/mol. The van der Waals surface area contributed by atoms with Gasteiger partial charge in [0, 0.05) is 42.5 Å². The highest BCUT2D eigenvalue weighted by molar-refractivity contribution is 5.69. The Morgan fingerprint density at radius 1 is 1.22 bits per heavy atom. The molecule has 2 unspecified atom stereocenters. The largest absolute Gasteiger partial charge is 0.481 e. The van der Waals surface area contributed by atoms with Gasteiger partial charge in [0.05, 0.1) is 12.1 Å². The minimum absolute atomic E-state index is 0.0464. The van der Waals surface area contributed by atoms with Gasteiger partial charge in [-0.2, -0.15) is 0 Å². The smallest absolute Gasteiger partial charge is 0.304 e. The van der Waals surface area contributed by atoms with Gasteiger partial charge in [-0.15, -0.1) is 0 Å². The SMILES string of the molecule is Cc1nc(-c2cccc(C(CC(=O)O)CN3CCC(CCc4ccc5c(n4)NCCC5)C3)c2)c(C)[nH]1. The fourth-order valence-electron chi connectivity index (χ4n) is 5.82. The summed E-state index contributed by atoms with van der Waals surface area (Å²) in [5.41, 5.74) is 6.59. The normalized spacial score (nSPS) is 18.6. The molecule has 0 saturated carbocycles. The first kappa shape index (κ1) is 24.5. The Morgan fingerprint density at radius 3 is 2.92 bits per heavy atom. The first-order valence-corrected chi connectivity index (χ1v) is 13.2. The first-order valence-electron chi connectivity index (χ1n) is 13.2. The summed E-state index contributed by atoms with van der Waals surface area (Å²) in [5, 5.41) is 13.1. The van der Waals surface area contributed by atoms with Gasteiger partial charge >= 0.3 is 5.97 Å². The molecule has 0 aliphatic carbocycles. The number of imidazole rings is 1. The monoisotopic (exact) mass is 487 g/mol. The van der Waals surface area contributed by atoms with Crippen molar-refractivity contribution in [3.63, 3.8) is 0 Å². The van der Waals surface area contributed by atoms with E-state index < -0.39 is 5.97 Å². The Bertz CT molecular complexity index is 1220. The number of hydrogen-bond acceptors (Lipinski definition) is 5. The second-order valence-corrected chi connectivity index (χ2v) is 10.5. The fourth-order valence-corrected chi connectivity index (χ4v) is 5.82. The van der Waals surface area contributed by atoms with E-state index in [0.717, 1.165) is 86.0 Å². The van der Waals surface area contributed by atoms with E-state index in [-0.39, 0.29) is 12.3 Å². The van der Waals surface area contributed by atoms with Crippen molar-refractivity contribution < 1.29 is 9.90 Å². The number of rotatable bonds is 9.